The normalized spacial score (nSPS) is 11.0. The van der Waals surface area contributed by atoms with Gasteiger partial charge in [-0.3, -0.25) is 0 Å². The Morgan fingerprint density at radius 1 is 1.05 bits per heavy atom. The van der Waals surface area contributed by atoms with E-state index < -0.39 is 5.76 Å². The van der Waals surface area contributed by atoms with Crippen molar-refractivity contribution >= 4 is 11.8 Å². The van der Waals surface area contributed by atoms with Crippen LogP contribution < -0.4 is 5.73 Å². The van der Waals surface area contributed by atoms with Crippen LogP contribution in [0.5, 0.6) is 0 Å². The van der Waals surface area contributed by atoms with E-state index in [0.29, 0.717) is 34.3 Å². The van der Waals surface area contributed by atoms with E-state index in [1.165, 1.54) is 6.07 Å². The highest BCUT2D eigenvalue weighted by molar-refractivity contribution is 7.99. The Bertz CT molecular complexity index is 555. The predicted molar refractivity (Wildman–Crippen MR) is 71.6 cm³/mol. The van der Waals surface area contributed by atoms with E-state index in [9.17, 15) is 13.2 Å². The Morgan fingerprint density at radius 2 is 1.74 bits per heavy atom. The molecule has 2 rings (SSSR count). The summed E-state index contributed by atoms with van der Waals surface area (Å²) in [5.41, 5.74) is 7.41. The molecule has 0 aliphatic rings. The summed E-state index contributed by atoms with van der Waals surface area (Å²) in [6.45, 7) is 0.326. The zero-order valence-electron chi connectivity index (χ0n) is 9.95. The highest BCUT2D eigenvalue weighted by Crippen LogP contribution is 2.29. The van der Waals surface area contributed by atoms with Crippen LogP contribution in [-0.4, -0.2) is 5.76 Å². The SMILES string of the molecule is NCc1ccc(F)c(-c2ccc(SC(F)F)cc2)c1. The third kappa shape index (κ3) is 3.52. The van der Waals surface area contributed by atoms with Gasteiger partial charge in [-0.15, -0.1) is 0 Å². The first-order chi connectivity index (χ1) is 9.10. The predicted octanol–water partition coefficient (Wildman–Crippen LogP) is 4.27. The molecule has 100 valence electrons. The molecule has 0 atom stereocenters. The molecular weight excluding hydrogens is 271 g/mol. The molecular formula is C14H12F3NS. The molecule has 19 heavy (non-hydrogen) atoms. The highest BCUT2D eigenvalue weighted by Gasteiger charge is 2.08. The Labute approximate surface area is 113 Å². The fourth-order valence-electron chi connectivity index (χ4n) is 1.74. The van der Waals surface area contributed by atoms with Gasteiger partial charge in [0.15, 0.2) is 0 Å². The van der Waals surface area contributed by atoms with E-state index in [1.54, 1.807) is 36.4 Å². The van der Waals surface area contributed by atoms with E-state index in [1.807, 2.05) is 0 Å². The minimum absolute atomic E-state index is 0.326. The number of halogens is 3. The van der Waals surface area contributed by atoms with Crippen LogP contribution in [0.15, 0.2) is 47.4 Å². The molecule has 0 spiro atoms. The fourth-order valence-corrected chi connectivity index (χ4v) is 2.24. The second-order valence-corrected chi connectivity index (χ2v) is 4.98. The molecule has 1 nitrogen and oxygen atoms in total. The third-order valence-corrected chi connectivity index (χ3v) is 3.38. The molecule has 0 fully saturated rings. The molecule has 0 bridgehead atoms. The molecule has 5 heteroatoms. The zero-order valence-corrected chi connectivity index (χ0v) is 10.8. The van der Waals surface area contributed by atoms with Gasteiger partial charge in [0.1, 0.15) is 5.82 Å². The maximum Gasteiger partial charge on any atom is 0.288 e. The minimum atomic E-state index is -2.46. The molecule has 0 saturated carbocycles. The molecule has 0 aliphatic carbocycles. The molecule has 2 N–H and O–H groups in total. The van der Waals surface area contributed by atoms with Crippen molar-refractivity contribution in [3.63, 3.8) is 0 Å². The van der Waals surface area contributed by atoms with E-state index in [2.05, 4.69) is 0 Å². The zero-order chi connectivity index (χ0) is 13.8. The molecule has 2 aromatic rings. The first kappa shape index (κ1) is 14.0. The van der Waals surface area contributed by atoms with E-state index >= 15 is 0 Å². The number of thioether (sulfide) groups is 1. The molecule has 0 aromatic heterocycles. The summed E-state index contributed by atoms with van der Waals surface area (Å²) in [5.74, 6) is -2.81. The van der Waals surface area contributed by atoms with Gasteiger partial charge in [0.2, 0.25) is 0 Å². The molecule has 0 radical (unpaired) electrons. The van der Waals surface area contributed by atoms with Gasteiger partial charge in [0.05, 0.1) is 0 Å². The maximum absolute atomic E-state index is 13.7. The van der Waals surface area contributed by atoms with E-state index in [4.69, 9.17) is 5.73 Å². The Balaban J connectivity index is 2.31. The van der Waals surface area contributed by atoms with Gasteiger partial charge < -0.3 is 5.73 Å². The van der Waals surface area contributed by atoms with Gasteiger partial charge in [-0.05, 0) is 35.4 Å². The average Bonchev–Trinajstić information content (AvgIpc) is 2.40. The molecule has 0 unspecified atom stereocenters. The fraction of sp³-hybridized carbons (Fsp3) is 0.143. The third-order valence-electron chi connectivity index (χ3n) is 2.66. The van der Waals surface area contributed by atoms with Crippen LogP contribution >= 0.6 is 11.8 Å². The standard InChI is InChI=1S/C14H12F3NS/c15-13-6-1-9(8-18)7-12(13)10-2-4-11(5-3-10)19-14(16)17/h1-7,14H,8,18H2. The van der Waals surface area contributed by atoms with Crippen LogP contribution in [0.4, 0.5) is 13.2 Å². The van der Waals surface area contributed by atoms with E-state index in [-0.39, 0.29) is 5.82 Å². The van der Waals surface area contributed by atoms with Gasteiger partial charge in [-0.1, -0.05) is 30.0 Å². The van der Waals surface area contributed by atoms with Crippen molar-refractivity contribution in [2.75, 3.05) is 0 Å². The number of hydrogen-bond acceptors (Lipinski definition) is 2. The van der Waals surface area contributed by atoms with Gasteiger partial charge in [-0.25, -0.2) is 4.39 Å². The molecule has 0 saturated heterocycles. The first-order valence-electron chi connectivity index (χ1n) is 5.64. The number of alkyl halides is 2. The summed E-state index contributed by atoms with van der Waals surface area (Å²) in [6, 6.07) is 11.0. The lowest BCUT2D eigenvalue weighted by atomic mass is 10.0. The highest BCUT2D eigenvalue weighted by atomic mass is 32.2. The summed E-state index contributed by atoms with van der Waals surface area (Å²) < 4.78 is 38.1. The van der Waals surface area contributed by atoms with Crippen LogP contribution in [0.3, 0.4) is 0 Å². The maximum atomic E-state index is 13.7. The van der Waals surface area contributed by atoms with Crippen molar-refractivity contribution in [1.29, 1.82) is 0 Å². The smallest absolute Gasteiger partial charge is 0.288 e. The second-order valence-electron chi connectivity index (χ2n) is 3.92. The number of benzene rings is 2. The average molecular weight is 283 g/mol. The lowest BCUT2D eigenvalue weighted by Gasteiger charge is -2.07. The van der Waals surface area contributed by atoms with Crippen molar-refractivity contribution in [3.8, 4) is 11.1 Å². The van der Waals surface area contributed by atoms with Crippen molar-refractivity contribution in [2.24, 2.45) is 5.73 Å². The van der Waals surface area contributed by atoms with Crippen molar-refractivity contribution in [2.45, 2.75) is 17.2 Å². The number of rotatable bonds is 4. The summed E-state index contributed by atoms with van der Waals surface area (Å²) >= 11 is 0.467. The van der Waals surface area contributed by atoms with Crippen molar-refractivity contribution < 1.29 is 13.2 Å². The van der Waals surface area contributed by atoms with Crippen molar-refractivity contribution in [3.05, 3.63) is 53.8 Å². The minimum Gasteiger partial charge on any atom is -0.326 e. The Kier molecular flexibility index (Phi) is 4.50. The monoisotopic (exact) mass is 283 g/mol. The first-order valence-corrected chi connectivity index (χ1v) is 6.52. The van der Waals surface area contributed by atoms with Crippen LogP contribution in [0.25, 0.3) is 11.1 Å². The number of nitrogens with two attached hydrogens (primary N) is 1. The van der Waals surface area contributed by atoms with Crippen LogP contribution in [-0.2, 0) is 6.54 Å². The number of hydrogen-bond donors (Lipinski definition) is 1. The quantitative estimate of drug-likeness (QED) is 0.848. The summed E-state index contributed by atoms with van der Waals surface area (Å²) in [6.07, 6.45) is 0. The molecule has 0 heterocycles. The Hall–Kier alpha value is -1.46. The Morgan fingerprint density at radius 3 is 2.32 bits per heavy atom. The topological polar surface area (TPSA) is 26.0 Å². The summed E-state index contributed by atoms with van der Waals surface area (Å²) in [5, 5.41) is 0. The van der Waals surface area contributed by atoms with Gasteiger partial charge >= 0.3 is 0 Å². The molecule has 0 aliphatic heterocycles. The lowest BCUT2D eigenvalue weighted by molar-refractivity contribution is 0.252. The summed E-state index contributed by atoms with van der Waals surface area (Å²) in [7, 11) is 0. The van der Waals surface area contributed by atoms with Crippen LogP contribution in [0, 0.1) is 5.82 Å². The largest absolute Gasteiger partial charge is 0.326 e. The van der Waals surface area contributed by atoms with Crippen LogP contribution in [0.2, 0.25) is 0 Å². The van der Waals surface area contributed by atoms with Crippen molar-refractivity contribution in [1.82, 2.24) is 0 Å². The molecule has 0 amide bonds. The molecule has 2 aromatic carbocycles. The van der Waals surface area contributed by atoms with Gasteiger partial charge in [0.25, 0.3) is 5.76 Å². The van der Waals surface area contributed by atoms with Crippen LogP contribution in [0.1, 0.15) is 5.56 Å². The van der Waals surface area contributed by atoms with Gasteiger partial charge in [-0.2, -0.15) is 8.78 Å². The second kappa shape index (κ2) is 6.12. The lowest BCUT2D eigenvalue weighted by Crippen LogP contribution is -1.97. The van der Waals surface area contributed by atoms with E-state index in [0.717, 1.165) is 5.56 Å². The summed E-state index contributed by atoms with van der Waals surface area (Å²) in [4.78, 5) is 0.453. The van der Waals surface area contributed by atoms with Gasteiger partial charge in [0, 0.05) is 17.0 Å².